The average Bonchev–Trinajstić information content (AvgIpc) is 2.74. The maximum atomic E-state index is 12.7. The molecule has 1 heterocycles. The van der Waals surface area contributed by atoms with Gasteiger partial charge in [-0.2, -0.15) is 0 Å². The molecule has 1 N–H and O–H groups in total. The minimum absolute atomic E-state index is 0.0287. The molecule has 156 valence electrons. The molecular weight excluding hydrogens is 352 g/mol. The van der Waals surface area contributed by atoms with Crippen molar-refractivity contribution < 1.29 is 14.3 Å². The largest absolute Gasteiger partial charge is 0.494 e. The molecule has 5 nitrogen and oxygen atoms in total. The molecule has 1 atom stereocenters. The van der Waals surface area contributed by atoms with Crippen LogP contribution in [0.5, 0.6) is 5.75 Å². The van der Waals surface area contributed by atoms with Crippen LogP contribution in [0.15, 0.2) is 24.3 Å². The molecule has 1 saturated heterocycles. The van der Waals surface area contributed by atoms with Gasteiger partial charge < -0.3 is 19.7 Å². The van der Waals surface area contributed by atoms with Crippen molar-refractivity contribution in [2.75, 3.05) is 32.1 Å². The molecular formula is C23H36N2O3. The molecule has 0 unspecified atom stereocenters. The van der Waals surface area contributed by atoms with Crippen LogP contribution in [0, 0.1) is 0 Å². The van der Waals surface area contributed by atoms with Crippen LogP contribution in [0.1, 0.15) is 64.7 Å². The van der Waals surface area contributed by atoms with E-state index in [0.717, 1.165) is 56.7 Å². The summed E-state index contributed by atoms with van der Waals surface area (Å²) < 4.78 is 11.5. The summed E-state index contributed by atoms with van der Waals surface area (Å²) in [7, 11) is 1.65. The number of carbonyl (C=O) groups is 1. The van der Waals surface area contributed by atoms with Crippen molar-refractivity contribution in [2.24, 2.45) is 0 Å². The van der Waals surface area contributed by atoms with Crippen LogP contribution in [0.3, 0.4) is 0 Å². The van der Waals surface area contributed by atoms with E-state index in [0.29, 0.717) is 6.04 Å². The number of hydrogen-bond donors (Lipinski definition) is 1. The first-order valence-corrected chi connectivity index (χ1v) is 11.0. The fraction of sp³-hybridized carbons (Fsp3) is 0.696. The Labute approximate surface area is 169 Å². The van der Waals surface area contributed by atoms with Gasteiger partial charge in [0.05, 0.1) is 6.61 Å². The van der Waals surface area contributed by atoms with E-state index in [-0.39, 0.29) is 5.91 Å². The summed E-state index contributed by atoms with van der Waals surface area (Å²) in [6.07, 6.45) is 9.91. The predicted molar refractivity (Wildman–Crippen MR) is 113 cm³/mol. The van der Waals surface area contributed by atoms with Crippen LogP contribution in [0.2, 0.25) is 0 Å². The fourth-order valence-corrected chi connectivity index (χ4v) is 4.47. The third-order valence-electron chi connectivity index (χ3n) is 6.38. The second kappa shape index (κ2) is 10.3. The van der Waals surface area contributed by atoms with Crippen LogP contribution in [0.25, 0.3) is 0 Å². The second-order valence-electron chi connectivity index (χ2n) is 8.32. The zero-order valence-electron chi connectivity index (χ0n) is 17.5. The van der Waals surface area contributed by atoms with Crippen LogP contribution in [-0.4, -0.2) is 49.3 Å². The third kappa shape index (κ3) is 5.48. The number of nitrogens with zero attached hydrogens (tertiary/aromatic N) is 1. The van der Waals surface area contributed by atoms with Crippen molar-refractivity contribution in [3.63, 3.8) is 0 Å². The molecule has 2 fully saturated rings. The van der Waals surface area contributed by atoms with Crippen LogP contribution < -0.4 is 10.1 Å². The van der Waals surface area contributed by atoms with Crippen LogP contribution in [-0.2, 0) is 9.53 Å². The average molecular weight is 389 g/mol. The van der Waals surface area contributed by atoms with Crippen molar-refractivity contribution in [2.45, 2.75) is 76.4 Å². The lowest BCUT2D eigenvalue weighted by Crippen LogP contribution is -2.46. The highest BCUT2D eigenvalue weighted by Crippen LogP contribution is 2.32. The lowest BCUT2D eigenvalue weighted by molar-refractivity contribution is -0.141. The van der Waals surface area contributed by atoms with Gasteiger partial charge in [-0.3, -0.25) is 4.79 Å². The third-order valence-corrected chi connectivity index (χ3v) is 6.38. The summed E-state index contributed by atoms with van der Waals surface area (Å²) in [5, 5.41) is 3.02. The number of nitrogens with one attached hydrogen (secondary N) is 1. The minimum Gasteiger partial charge on any atom is -0.494 e. The SMILES string of the molecule is COC1(C(=O)Nc2ccc(OCCCN3CCCC[C@@H]3C)cc2)CCCCC1. The van der Waals surface area contributed by atoms with Crippen LogP contribution >= 0.6 is 0 Å². The fourth-order valence-electron chi connectivity index (χ4n) is 4.47. The molecule has 28 heavy (non-hydrogen) atoms. The topological polar surface area (TPSA) is 50.8 Å². The molecule has 0 bridgehead atoms. The summed E-state index contributed by atoms with van der Waals surface area (Å²) in [6, 6.07) is 8.38. The number of benzene rings is 1. The molecule has 0 radical (unpaired) electrons. The van der Waals surface area contributed by atoms with Crippen molar-refractivity contribution in [3.8, 4) is 5.75 Å². The van der Waals surface area contributed by atoms with E-state index in [1.807, 2.05) is 24.3 Å². The molecule has 1 aromatic rings. The summed E-state index contributed by atoms with van der Waals surface area (Å²) in [4.78, 5) is 15.3. The van der Waals surface area contributed by atoms with Gasteiger partial charge in [0.25, 0.3) is 5.91 Å². The summed E-state index contributed by atoms with van der Waals surface area (Å²) in [5.41, 5.74) is 0.125. The van der Waals surface area contributed by atoms with Gasteiger partial charge in [0.1, 0.15) is 11.4 Å². The number of ether oxygens (including phenoxy) is 2. The van der Waals surface area contributed by atoms with E-state index in [1.54, 1.807) is 7.11 Å². The highest BCUT2D eigenvalue weighted by molar-refractivity contribution is 5.97. The Morgan fingerprint density at radius 1 is 1.14 bits per heavy atom. The standard InChI is InChI=1S/C23H36N2O3/c1-19-9-4-7-16-25(19)17-8-18-28-21-12-10-20(11-13-21)24-22(26)23(27-2)14-5-3-6-15-23/h10-13,19H,3-9,14-18H2,1-2H3,(H,24,26)/t19-/m0/s1. The Hall–Kier alpha value is -1.59. The first-order chi connectivity index (χ1) is 13.6. The molecule has 0 aromatic heterocycles. The van der Waals surface area contributed by atoms with E-state index in [9.17, 15) is 4.79 Å². The van der Waals surface area contributed by atoms with E-state index < -0.39 is 5.60 Å². The Bertz CT molecular complexity index is 611. The van der Waals surface area contributed by atoms with Crippen molar-refractivity contribution >= 4 is 11.6 Å². The molecule has 0 spiro atoms. The number of carbonyl (C=O) groups excluding carboxylic acids is 1. The number of methoxy groups -OCH3 is 1. The van der Waals surface area contributed by atoms with Crippen LogP contribution in [0.4, 0.5) is 5.69 Å². The lowest BCUT2D eigenvalue weighted by Gasteiger charge is -2.34. The number of amides is 1. The quantitative estimate of drug-likeness (QED) is 0.660. The Balaban J connectivity index is 1.42. The molecule has 1 saturated carbocycles. The predicted octanol–water partition coefficient (Wildman–Crippen LogP) is 4.62. The number of rotatable bonds is 8. The van der Waals surface area contributed by atoms with Gasteiger partial charge >= 0.3 is 0 Å². The Morgan fingerprint density at radius 3 is 2.57 bits per heavy atom. The van der Waals surface area contributed by atoms with E-state index >= 15 is 0 Å². The highest BCUT2D eigenvalue weighted by Gasteiger charge is 2.39. The van der Waals surface area contributed by atoms with Gasteiger partial charge in [0.15, 0.2) is 0 Å². The number of anilines is 1. The maximum Gasteiger partial charge on any atom is 0.256 e. The van der Waals surface area contributed by atoms with Gasteiger partial charge in [0, 0.05) is 25.4 Å². The Kier molecular flexibility index (Phi) is 7.74. The molecule has 1 aromatic carbocycles. The van der Waals surface area contributed by atoms with E-state index in [1.165, 1.54) is 32.2 Å². The van der Waals surface area contributed by atoms with Gasteiger partial charge in [-0.25, -0.2) is 0 Å². The summed E-state index contributed by atoms with van der Waals surface area (Å²) in [6.45, 7) is 5.38. The molecule has 3 rings (SSSR count). The zero-order valence-corrected chi connectivity index (χ0v) is 17.5. The Morgan fingerprint density at radius 2 is 1.89 bits per heavy atom. The maximum absolute atomic E-state index is 12.7. The summed E-state index contributed by atoms with van der Waals surface area (Å²) in [5.74, 6) is 0.822. The lowest BCUT2D eigenvalue weighted by atomic mass is 9.84. The first kappa shape index (κ1) is 21.1. The van der Waals surface area contributed by atoms with Gasteiger partial charge in [-0.15, -0.1) is 0 Å². The molecule has 2 aliphatic rings. The number of likely N-dealkylation sites (tertiary alicyclic amines) is 1. The van der Waals surface area contributed by atoms with E-state index in [2.05, 4.69) is 17.1 Å². The van der Waals surface area contributed by atoms with Gasteiger partial charge in [-0.05, 0) is 69.8 Å². The zero-order chi connectivity index (χ0) is 19.8. The van der Waals surface area contributed by atoms with E-state index in [4.69, 9.17) is 9.47 Å². The monoisotopic (exact) mass is 388 g/mol. The summed E-state index contributed by atoms with van der Waals surface area (Å²) >= 11 is 0. The second-order valence-corrected chi connectivity index (χ2v) is 8.32. The van der Waals surface area contributed by atoms with Gasteiger partial charge in [0.2, 0.25) is 0 Å². The van der Waals surface area contributed by atoms with Crippen molar-refractivity contribution in [1.82, 2.24) is 4.90 Å². The molecule has 1 aliphatic heterocycles. The number of piperidine rings is 1. The molecule has 5 heteroatoms. The molecule has 1 aliphatic carbocycles. The first-order valence-electron chi connectivity index (χ1n) is 11.0. The molecule has 1 amide bonds. The normalized spacial score (nSPS) is 22.6. The highest BCUT2D eigenvalue weighted by atomic mass is 16.5. The van der Waals surface area contributed by atoms with Gasteiger partial charge in [-0.1, -0.05) is 25.7 Å². The number of hydrogen-bond acceptors (Lipinski definition) is 4. The smallest absolute Gasteiger partial charge is 0.256 e. The van der Waals surface area contributed by atoms with Crippen molar-refractivity contribution in [3.05, 3.63) is 24.3 Å². The minimum atomic E-state index is -0.668. The van der Waals surface area contributed by atoms with Crippen molar-refractivity contribution in [1.29, 1.82) is 0 Å².